The lowest BCUT2D eigenvalue weighted by Gasteiger charge is -2.34. The molecule has 2 aliphatic rings. The Kier molecular flexibility index (Phi) is 10.5. The van der Waals surface area contributed by atoms with Crippen LogP contribution >= 0.6 is 0 Å². The van der Waals surface area contributed by atoms with Gasteiger partial charge in [0, 0.05) is 59.0 Å². The second kappa shape index (κ2) is 12.9. The van der Waals surface area contributed by atoms with Gasteiger partial charge in [-0.05, 0) is 45.4 Å². The summed E-state index contributed by atoms with van der Waals surface area (Å²) < 4.78 is 11.0. The van der Waals surface area contributed by atoms with Crippen LogP contribution in [0.5, 0.6) is 0 Å². The van der Waals surface area contributed by atoms with E-state index in [1.165, 1.54) is 6.42 Å². The molecule has 2 fully saturated rings. The molecule has 2 N–H and O–H groups in total. The summed E-state index contributed by atoms with van der Waals surface area (Å²) in [4.78, 5) is 18.9. The van der Waals surface area contributed by atoms with Crippen molar-refractivity contribution in [2.45, 2.75) is 58.0 Å². The van der Waals surface area contributed by atoms with E-state index in [2.05, 4.69) is 22.5 Å². The maximum Gasteiger partial charge on any atom is 0.223 e. The minimum atomic E-state index is 0.227. The number of piperidine rings is 1. The van der Waals surface area contributed by atoms with Crippen LogP contribution in [0.15, 0.2) is 4.99 Å². The summed E-state index contributed by atoms with van der Waals surface area (Å²) in [5.41, 5.74) is 0. The highest BCUT2D eigenvalue weighted by Crippen LogP contribution is 2.26. The fraction of sp³-hybridized carbons (Fsp3) is 0.900. The number of nitrogens with one attached hydrogen (secondary N) is 2. The number of carbonyl (C=O) groups excluding carboxylic acids is 1. The van der Waals surface area contributed by atoms with E-state index in [0.29, 0.717) is 6.10 Å². The molecule has 1 heterocycles. The molecule has 0 atom stereocenters. The summed E-state index contributed by atoms with van der Waals surface area (Å²) >= 11 is 0. The summed E-state index contributed by atoms with van der Waals surface area (Å²) in [6.45, 7) is 7.90. The molecule has 0 aromatic carbocycles. The van der Waals surface area contributed by atoms with E-state index in [9.17, 15) is 4.79 Å². The Hall–Kier alpha value is -1.34. The lowest BCUT2D eigenvalue weighted by molar-refractivity contribution is -0.127. The SMILES string of the molecule is CCNC(=NCCCNC(=O)C1CCC1)N1CCC(OCCCOC)CC1. The monoisotopic (exact) mass is 382 g/mol. The second-order valence-corrected chi connectivity index (χ2v) is 7.41. The first-order valence-corrected chi connectivity index (χ1v) is 10.7. The predicted molar refractivity (Wildman–Crippen MR) is 108 cm³/mol. The van der Waals surface area contributed by atoms with Crippen molar-refractivity contribution in [3.63, 3.8) is 0 Å². The predicted octanol–water partition coefficient (Wildman–Crippen LogP) is 1.78. The molecule has 156 valence electrons. The molecule has 1 aliphatic carbocycles. The molecule has 1 amide bonds. The first-order valence-electron chi connectivity index (χ1n) is 10.7. The zero-order valence-electron chi connectivity index (χ0n) is 17.2. The standard InChI is InChI=1S/C20H38N4O3/c1-3-21-20(23-12-5-11-22-19(25)17-7-4-8-17)24-13-9-18(10-14-24)27-16-6-15-26-2/h17-18H,3-16H2,1-2H3,(H,21,23)(H,22,25). The van der Waals surface area contributed by atoms with Gasteiger partial charge in [-0.1, -0.05) is 6.42 Å². The van der Waals surface area contributed by atoms with E-state index in [4.69, 9.17) is 14.5 Å². The first-order chi connectivity index (χ1) is 13.2. The number of guanidine groups is 1. The van der Waals surface area contributed by atoms with Crippen molar-refractivity contribution in [2.75, 3.05) is 53.0 Å². The molecule has 0 unspecified atom stereocenters. The summed E-state index contributed by atoms with van der Waals surface area (Å²) in [5.74, 6) is 1.48. The van der Waals surface area contributed by atoms with Crippen molar-refractivity contribution in [2.24, 2.45) is 10.9 Å². The number of aliphatic imine (C=N–C) groups is 1. The number of nitrogens with zero attached hydrogens (tertiary/aromatic N) is 2. The van der Waals surface area contributed by atoms with Gasteiger partial charge in [-0.2, -0.15) is 0 Å². The molecule has 0 spiro atoms. The van der Waals surface area contributed by atoms with Gasteiger partial charge in [-0.3, -0.25) is 9.79 Å². The zero-order valence-corrected chi connectivity index (χ0v) is 17.2. The minimum absolute atomic E-state index is 0.227. The quantitative estimate of drug-likeness (QED) is 0.324. The summed E-state index contributed by atoms with van der Waals surface area (Å²) in [7, 11) is 1.72. The molecule has 0 bridgehead atoms. The largest absolute Gasteiger partial charge is 0.385 e. The highest BCUT2D eigenvalue weighted by atomic mass is 16.5. The number of hydrogen-bond donors (Lipinski definition) is 2. The van der Waals surface area contributed by atoms with Crippen molar-refractivity contribution < 1.29 is 14.3 Å². The number of carbonyl (C=O) groups is 1. The molecular weight excluding hydrogens is 344 g/mol. The molecule has 1 saturated carbocycles. The fourth-order valence-electron chi connectivity index (χ4n) is 3.40. The summed E-state index contributed by atoms with van der Waals surface area (Å²) in [6.07, 6.45) is 7.57. The smallest absolute Gasteiger partial charge is 0.223 e. The van der Waals surface area contributed by atoms with Gasteiger partial charge in [0.1, 0.15) is 0 Å². The Balaban J connectivity index is 1.63. The molecule has 0 aromatic rings. The maximum absolute atomic E-state index is 11.8. The highest BCUT2D eigenvalue weighted by Gasteiger charge is 2.24. The third-order valence-corrected chi connectivity index (χ3v) is 5.29. The molecular formula is C20H38N4O3. The van der Waals surface area contributed by atoms with Crippen LogP contribution in [-0.4, -0.2) is 75.9 Å². The van der Waals surface area contributed by atoms with Crippen LogP contribution in [0.1, 0.15) is 51.9 Å². The van der Waals surface area contributed by atoms with E-state index in [-0.39, 0.29) is 11.8 Å². The lowest BCUT2D eigenvalue weighted by Crippen LogP contribution is -2.47. The van der Waals surface area contributed by atoms with Gasteiger partial charge >= 0.3 is 0 Å². The van der Waals surface area contributed by atoms with Gasteiger partial charge in [0.05, 0.1) is 6.10 Å². The number of hydrogen-bond acceptors (Lipinski definition) is 4. The van der Waals surface area contributed by atoms with Gasteiger partial charge in [-0.25, -0.2) is 0 Å². The number of likely N-dealkylation sites (tertiary alicyclic amines) is 1. The number of ether oxygens (including phenoxy) is 2. The summed E-state index contributed by atoms with van der Waals surface area (Å²) in [6, 6.07) is 0. The Morgan fingerprint density at radius 3 is 2.52 bits per heavy atom. The van der Waals surface area contributed by atoms with Crippen molar-refractivity contribution in [3.8, 4) is 0 Å². The Labute approximate surface area is 164 Å². The average molecular weight is 383 g/mol. The van der Waals surface area contributed by atoms with E-state index < -0.39 is 0 Å². The second-order valence-electron chi connectivity index (χ2n) is 7.41. The zero-order chi connectivity index (χ0) is 19.3. The normalized spacial score (nSPS) is 19.0. The molecule has 7 nitrogen and oxygen atoms in total. The fourth-order valence-corrected chi connectivity index (χ4v) is 3.40. The van der Waals surface area contributed by atoms with Gasteiger partial charge in [0.15, 0.2) is 5.96 Å². The highest BCUT2D eigenvalue weighted by molar-refractivity contribution is 5.80. The van der Waals surface area contributed by atoms with Crippen LogP contribution in [0.25, 0.3) is 0 Å². The van der Waals surface area contributed by atoms with Crippen LogP contribution in [0.2, 0.25) is 0 Å². The lowest BCUT2D eigenvalue weighted by atomic mass is 9.85. The Bertz CT molecular complexity index is 447. The third-order valence-electron chi connectivity index (χ3n) is 5.29. The molecule has 1 saturated heterocycles. The Morgan fingerprint density at radius 1 is 1.11 bits per heavy atom. The van der Waals surface area contributed by atoms with E-state index >= 15 is 0 Å². The maximum atomic E-state index is 11.8. The third kappa shape index (κ3) is 8.05. The van der Waals surface area contributed by atoms with Crippen LogP contribution in [0.4, 0.5) is 0 Å². The molecule has 0 radical (unpaired) electrons. The van der Waals surface area contributed by atoms with E-state index in [0.717, 1.165) is 90.4 Å². The van der Waals surface area contributed by atoms with Crippen LogP contribution in [0, 0.1) is 5.92 Å². The van der Waals surface area contributed by atoms with Crippen molar-refractivity contribution in [3.05, 3.63) is 0 Å². The molecule has 2 rings (SSSR count). The molecule has 1 aliphatic heterocycles. The average Bonchev–Trinajstić information content (AvgIpc) is 2.63. The van der Waals surface area contributed by atoms with Crippen LogP contribution < -0.4 is 10.6 Å². The molecule has 0 aromatic heterocycles. The van der Waals surface area contributed by atoms with Crippen molar-refractivity contribution >= 4 is 11.9 Å². The van der Waals surface area contributed by atoms with E-state index in [1.807, 2.05) is 0 Å². The number of rotatable bonds is 11. The molecule has 7 heteroatoms. The van der Waals surface area contributed by atoms with Crippen molar-refractivity contribution in [1.82, 2.24) is 15.5 Å². The molecule has 27 heavy (non-hydrogen) atoms. The van der Waals surface area contributed by atoms with Crippen LogP contribution in [0.3, 0.4) is 0 Å². The Morgan fingerprint density at radius 2 is 1.89 bits per heavy atom. The number of amides is 1. The minimum Gasteiger partial charge on any atom is -0.385 e. The van der Waals surface area contributed by atoms with Gasteiger partial charge in [-0.15, -0.1) is 0 Å². The van der Waals surface area contributed by atoms with Crippen molar-refractivity contribution in [1.29, 1.82) is 0 Å². The first kappa shape index (κ1) is 22.0. The summed E-state index contributed by atoms with van der Waals surface area (Å²) in [5, 5.41) is 6.43. The topological polar surface area (TPSA) is 75.2 Å². The van der Waals surface area contributed by atoms with Crippen LogP contribution in [-0.2, 0) is 14.3 Å². The van der Waals surface area contributed by atoms with Gasteiger partial charge in [0.25, 0.3) is 0 Å². The number of methoxy groups -OCH3 is 1. The van der Waals surface area contributed by atoms with Gasteiger partial charge in [0.2, 0.25) is 5.91 Å². The van der Waals surface area contributed by atoms with Gasteiger partial charge < -0.3 is 25.0 Å². The van der Waals surface area contributed by atoms with E-state index in [1.54, 1.807) is 7.11 Å².